The number of pyridine rings is 1. The number of carbonyl (C=O) groups excluding carboxylic acids is 1. The molecule has 19 heavy (non-hydrogen) atoms. The fourth-order valence-corrected chi connectivity index (χ4v) is 2.42. The van der Waals surface area contributed by atoms with Gasteiger partial charge in [-0.2, -0.15) is 0 Å². The minimum atomic E-state index is -0.228. The van der Waals surface area contributed by atoms with Crippen molar-refractivity contribution in [3.05, 3.63) is 45.7 Å². The van der Waals surface area contributed by atoms with Crippen molar-refractivity contribution in [3.63, 3.8) is 0 Å². The van der Waals surface area contributed by atoms with Gasteiger partial charge in [0.15, 0.2) is 5.43 Å². The van der Waals surface area contributed by atoms with E-state index in [0.29, 0.717) is 16.6 Å². The van der Waals surface area contributed by atoms with Gasteiger partial charge in [-0.15, -0.1) is 0 Å². The second-order valence-corrected chi connectivity index (χ2v) is 4.86. The van der Waals surface area contributed by atoms with Gasteiger partial charge in [-0.05, 0) is 32.9 Å². The topological polar surface area (TPSA) is 51.1 Å². The van der Waals surface area contributed by atoms with E-state index in [-0.39, 0.29) is 17.4 Å². The highest BCUT2D eigenvalue weighted by atomic mass is 16.2. The smallest absolute Gasteiger partial charge is 0.268 e. The summed E-state index contributed by atoms with van der Waals surface area (Å²) in [5.74, 6) is -0.228. The summed E-state index contributed by atoms with van der Waals surface area (Å²) in [5, 5.41) is 3.26. The summed E-state index contributed by atoms with van der Waals surface area (Å²) in [6.45, 7) is 5.71. The molecule has 0 saturated heterocycles. The fourth-order valence-electron chi connectivity index (χ4n) is 2.42. The van der Waals surface area contributed by atoms with Crippen molar-refractivity contribution in [1.82, 2.24) is 9.88 Å². The zero-order valence-corrected chi connectivity index (χ0v) is 11.7. The second-order valence-electron chi connectivity index (χ2n) is 4.86. The van der Waals surface area contributed by atoms with Crippen LogP contribution in [0.15, 0.2) is 29.1 Å². The lowest BCUT2D eigenvalue weighted by atomic mass is 10.1. The summed E-state index contributed by atoms with van der Waals surface area (Å²) in [7, 11) is 1.58. The Morgan fingerprint density at radius 1 is 1.26 bits per heavy atom. The van der Waals surface area contributed by atoms with Crippen molar-refractivity contribution in [2.24, 2.45) is 0 Å². The van der Waals surface area contributed by atoms with E-state index in [1.165, 1.54) is 0 Å². The van der Waals surface area contributed by atoms with E-state index in [9.17, 15) is 9.59 Å². The van der Waals surface area contributed by atoms with Crippen molar-refractivity contribution >= 4 is 16.8 Å². The molecule has 1 heterocycles. The zero-order valence-electron chi connectivity index (χ0n) is 11.7. The Morgan fingerprint density at radius 2 is 1.89 bits per heavy atom. The van der Waals surface area contributed by atoms with Gasteiger partial charge in [0.2, 0.25) is 0 Å². The average Bonchev–Trinajstić information content (AvgIpc) is 2.41. The zero-order chi connectivity index (χ0) is 14.2. The highest BCUT2D eigenvalue weighted by Crippen LogP contribution is 2.20. The lowest BCUT2D eigenvalue weighted by molar-refractivity contribution is 0.0951. The predicted molar refractivity (Wildman–Crippen MR) is 76.7 cm³/mol. The van der Waals surface area contributed by atoms with Crippen LogP contribution in [0.1, 0.15) is 35.9 Å². The number of amides is 1. The van der Waals surface area contributed by atoms with Gasteiger partial charge in [-0.1, -0.05) is 12.1 Å². The number of para-hydroxylation sites is 1. The molecule has 0 unspecified atom stereocenters. The van der Waals surface area contributed by atoms with Gasteiger partial charge in [0.05, 0.1) is 5.52 Å². The van der Waals surface area contributed by atoms with Crippen LogP contribution in [-0.4, -0.2) is 17.5 Å². The normalized spacial score (nSPS) is 11.0. The number of carbonyl (C=O) groups is 1. The molecular weight excluding hydrogens is 240 g/mol. The summed E-state index contributed by atoms with van der Waals surface area (Å²) >= 11 is 0. The Balaban J connectivity index is 3.02. The van der Waals surface area contributed by atoms with Gasteiger partial charge in [-0.3, -0.25) is 9.59 Å². The van der Waals surface area contributed by atoms with Crippen molar-refractivity contribution in [2.45, 2.75) is 26.8 Å². The molecular formula is C15H18N2O2. The van der Waals surface area contributed by atoms with Gasteiger partial charge in [0.25, 0.3) is 5.91 Å². The van der Waals surface area contributed by atoms with Crippen molar-refractivity contribution < 1.29 is 4.79 Å². The summed E-state index contributed by atoms with van der Waals surface area (Å²) in [6, 6.07) is 7.49. The SMILES string of the molecule is CNC(=O)c1c(C)c(=O)c2ccccc2n1C(C)C. The predicted octanol–water partition coefficient (Wildman–Crippen LogP) is 2.25. The van der Waals surface area contributed by atoms with E-state index < -0.39 is 0 Å². The largest absolute Gasteiger partial charge is 0.354 e. The molecule has 1 aromatic carbocycles. The van der Waals surface area contributed by atoms with Crippen molar-refractivity contribution in [3.8, 4) is 0 Å². The van der Waals surface area contributed by atoms with Gasteiger partial charge < -0.3 is 9.88 Å². The van der Waals surface area contributed by atoms with Gasteiger partial charge in [0, 0.05) is 24.0 Å². The first-order valence-corrected chi connectivity index (χ1v) is 6.35. The van der Waals surface area contributed by atoms with Crippen molar-refractivity contribution in [1.29, 1.82) is 0 Å². The standard InChI is InChI=1S/C15H18N2O2/c1-9(2)17-12-8-6-5-7-11(12)14(18)10(3)13(17)15(19)16-4/h5-9H,1-4H3,(H,16,19). The van der Waals surface area contributed by atoms with Crippen molar-refractivity contribution in [2.75, 3.05) is 7.05 Å². The Bertz CT molecular complexity index is 699. The molecule has 0 fully saturated rings. The lowest BCUT2D eigenvalue weighted by Crippen LogP contribution is -2.29. The number of fused-ring (bicyclic) bond motifs is 1. The van der Waals surface area contributed by atoms with Gasteiger partial charge in [0.1, 0.15) is 5.69 Å². The number of aromatic nitrogens is 1. The molecule has 1 aromatic heterocycles. The molecule has 0 aliphatic heterocycles. The highest BCUT2D eigenvalue weighted by molar-refractivity contribution is 5.97. The Hall–Kier alpha value is -2.10. The molecule has 4 heteroatoms. The lowest BCUT2D eigenvalue weighted by Gasteiger charge is -2.21. The molecule has 1 amide bonds. The Morgan fingerprint density at radius 3 is 2.47 bits per heavy atom. The van der Waals surface area contributed by atoms with Crippen LogP contribution in [0.2, 0.25) is 0 Å². The van der Waals surface area contributed by atoms with Crippen LogP contribution in [0.3, 0.4) is 0 Å². The maximum absolute atomic E-state index is 12.4. The molecule has 0 aliphatic carbocycles. The molecule has 1 N–H and O–H groups in total. The summed E-state index contributed by atoms with van der Waals surface area (Å²) < 4.78 is 1.92. The number of hydrogen-bond acceptors (Lipinski definition) is 2. The molecule has 0 atom stereocenters. The first-order valence-electron chi connectivity index (χ1n) is 6.35. The molecule has 4 nitrogen and oxygen atoms in total. The molecule has 0 saturated carbocycles. The number of rotatable bonds is 2. The average molecular weight is 258 g/mol. The molecule has 0 radical (unpaired) electrons. The summed E-state index contributed by atoms with van der Waals surface area (Å²) in [5.41, 5.74) is 1.66. The van der Waals surface area contributed by atoms with Crippen LogP contribution in [0.4, 0.5) is 0 Å². The number of hydrogen-bond donors (Lipinski definition) is 1. The van der Waals surface area contributed by atoms with E-state index in [1.807, 2.05) is 36.6 Å². The summed E-state index contributed by atoms with van der Waals surface area (Å²) in [4.78, 5) is 24.4. The van der Waals surface area contributed by atoms with Crippen LogP contribution < -0.4 is 10.7 Å². The third-order valence-electron chi connectivity index (χ3n) is 3.30. The molecule has 2 rings (SSSR count). The van der Waals surface area contributed by atoms with Crippen LogP contribution in [-0.2, 0) is 0 Å². The van der Waals surface area contributed by atoms with E-state index in [4.69, 9.17) is 0 Å². The first-order chi connectivity index (χ1) is 8.99. The first kappa shape index (κ1) is 13.3. The fraction of sp³-hybridized carbons (Fsp3) is 0.333. The van der Waals surface area contributed by atoms with E-state index in [2.05, 4.69) is 5.32 Å². The maximum atomic E-state index is 12.4. The molecule has 0 bridgehead atoms. The Labute approximate surface area is 112 Å². The number of benzene rings is 1. The third-order valence-corrected chi connectivity index (χ3v) is 3.30. The summed E-state index contributed by atoms with van der Waals surface area (Å²) in [6.07, 6.45) is 0. The molecule has 0 spiro atoms. The monoisotopic (exact) mass is 258 g/mol. The van der Waals surface area contributed by atoms with Crippen LogP contribution in [0, 0.1) is 6.92 Å². The second kappa shape index (κ2) is 4.88. The van der Waals surface area contributed by atoms with E-state index in [0.717, 1.165) is 5.52 Å². The quantitative estimate of drug-likeness (QED) is 0.898. The van der Waals surface area contributed by atoms with Gasteiger partial charge >= 0.3 is 0 Å². The van der Waals surface area contributed by atoms with Crippen LogP contribution in [0.25, 0.3) is 10.9 Å². The molecule has 100 valence electrons. The van der Waals surface area contributed by atoms with E-state index in [1.54, 1.807) is 20.0 Å². The number of nitrogens with zero attached hydrogens (tertiary/aromatic N) is 1. The minimum absolute atomic E-state index is 0.0777. The Kier molecular flexibility index (Phi) is 3.42. The van der Waals surface area contributed by atoms with Gasteiger partial charge in [-0.25, -0.2) is 0 Å². The minimum Gasteiger partial charge on any atom is -0.354 e. The molecule has 0 aliphatic rings. The van der Waals surface area contributed by atoms with E-state index >= 15 is 0 Å². The number of nitrogens with one attached hydrogen (secondary N) is 1. The highest BCUT2D eigenvalue weighted by Gasteiger charge is 2.20. The van der Waals surface area contributed by atoms with Crippen LogP contribution >= 0.6 is 0 Å². The molecule has 2 aromatic rings. The maximum Gasteiger partial charge on any atom is 0.268 e. The third kappa shape index (κ3) is 2.03. The van der Waals surface area contributed by atoms with Crippen LogP contribution in [0.5, 0.6) is 0 Å².